The van der Waals surface area contributed by atoms with Crippen LogP contribution in [0.1, 0.15) is 24.8 Å². The first kappa shape index (κ1) is 14.6. The van der Waals surface area contributed by atoms with Crippen molar-refractivity contribution in [1.82, 2.24) is 4.90 Å². The van der Waals surface area contributed by atoms with Gasteiger partial charge in [-0.05, 0) is 41.3 Å². The second kappa shape index (κ2) is 6.18. The number of hydrogen-bond donors (Lipinski definition) is 0. The zero-order valence-corrected chi connectivity index (χ0v) is 12.7. The zero-order valence-electron chi connectivity index (χ0n) is 12.7. The number of benzene rings is 2. The van der Waals surface area contributed by atoms with E-state index in [1.165, 1.54) is 4.90 Å². The molecule has 2 aromatic rings. The summed E-state index contributed by atoms with van der Waals surface area (Å²) in [5.74, 6) is 0.716. The Bertz CT molecular complexity index is 707. The molecule has 3 rings (SSSR count). The van der Waals surface area contributed by atoms with Gasteiger partial charge in [-0.25, -0.2) is 0 Å². The number of fused-ring (bicyclic) bond motifs is 1. The van der Waals surface area contributed by atoms with Gasteiger partial charge in [0.25, 0.3) is 0 Å². The van der Waals surface area contributed by atoms with Crippen molar-refractivity contribution in [2.75, 3.05) is 13.7 Å². The van der Waals surface area contributed by atoms with Crippen molar-refractivity contribution in [2.45, 2.75) is 25.7 Å². The second-order valence-corrected chi connectivity index (χ2v) is 5.55. The van der Waals surface area contributed by atoms with Crippen LogP contribution in [0.5, 0.6) is 5.75 Å². The van der Waals surface area contributed by atoms with Crippen LogP contribution in [0.2, 0.25) is 0 Å². The van der Waals surface area contributed by atoms with Gasteiger partial charge in [-0.1, -0.05) is 24.3 Å². The third kappa shape index (κ3) is 2.82. The van der Waals surface area contributed by atoms with Gasteiger partial charge in [0.15, 0.2) is 0 Å². The van der Waals surface area contributed by atoms with Crippen molar-refractivity contribution in [2.24, 2.45) is 0 Å². The van der Waals surface area contributed by atoms with E-state index < -0.39 is 0 Å². The number of nitrogens with zero attached hydrogens (tertiary/aromatic N) is 1. The minimum absolute atomic E-state index is 0.0472. The molecule has 0 spiro atoms. The number of piperidine rings is 1. The summed E-state index contributed by atoms with van der Waals surface area (Å²) in [6.07, 6.45) is 2.31. The van der Waals surface area contributed by atoms with Crippen molar-refractivity contribution in [3.8, 4) is 5.75 Å². The number of rotatable bonds is 4. The number of ether oxygens (including phenoxy) is 1. The maximum Gasteiger partial charge on any atom is 0.229 e. The van der Waals surface area contributed by atoms with E-state index in [1.807, 2.05) is 30.3 Å². The van der Waals surface area contributed by atoms with Gasteiger partial charge in [-0.2, -0.15) is 0 Å². The Balaban J connectivity index is 1.84. The van der Waals surface area contributed by atoms with E-state index in [4.69, 9.17) is 4.74 Å². The van der Waals surface area contributed by atoms with Crippen molar-refractivity contribution in [3.05, 3.63) is 42.0 Å². The van der Waals surface area contributed by atoms with Gasteiger partial charge >= 0.3 is 0 Å². The Labute approximate surface area is 129 Å². The van der Waals surface area contributed by atoms with E-state index in [1.54, 1.807) is 7.11 Å². The molecule has 1 aliphatic rings. The molecule has 1 fully saturated rings. The van der Waals surface area contributed by atoms with Crippen molar-refractivity contribution < 1.29 is 14.3 Å². The average molecular weight is 297 g/mol. The Morgan fingerprint density at radius 3 is 2.59 bits per heavy atom. The van der Waals surface area contributed by atoms with Crippen LogP contribution >= 0.6 is 0 Å². The number of amides is 2. The molecule has 1 saturated heterocycles. The molecule has 0 atom stereocenters. The molecule has 4 heteroatoms. The van der Waals surface area contributed by atoms with Crippen molar-refractivity contribution in [1.29, 1.82) is 0 Å². The van der Waals surface area contributed by atoms with Gasteiger partial charge in [0.1, 0.15) is 5.75 Å². The molecule has 0 aromatic heterocycles. The maximum atomic E-state index is 11.9. The molecule has 1 aliphatic heterocycles. The van der Waals surface area contributed by atoms with E-state index >= 15 is 0 Å². The van der Waals surface area contributed by atoms with Crippen molar-refractivity contribution in [3.63, 3.8) is 0 Å². The average Bonchev–Trinajstić information content (AvgIpc) is 2.54. The van der Waals surface area contributed by atoms with Crippen LogP contribution < -0.4 is 4.74 Å². The molecule has 1 heterocycles. The number of imide groups is 1. The Morgan fingerprint density at radius 2 is 1.86 bits per heavy atom. The predicted molar refractivity (Wildman–Crippen MR) is 84.8 cm³/mol. The smallest absolute Gasteiger partial charge is 0.229 e. The van der Waals surface area contributed by atoms with E-state index in [-0.39, 0.29) is 11.8 Å². The van der Waals surface area contributed by atoms with Crippen LogP contribution in [0.4, 0.5) is 0 Å². The minimum atomic E-state index is -0.0472. The first-order valence-electron chi connectivity index (χ1n) is 7.58. The molecule has 0 unspecified atom stereocenters. The summed E-state index contributed by atoms with van der Waals surface area (Å²) in [4.78, 5) is 25.2. The molecule has 0 bridgehead atoms. The topological polar surface area (TPSA) is 46.6 Å². The van der Waals surface area contributed by atoms with Crippen LogP contribution in [0, 0.1) is 0 Å². The number of carbonyl (C=O) groups is 2. The highest BCUT2D eigenvalue weighted by Crippen LogP contribution is 2.25. The predicted octanol–water partition coefficient (Wildman–Crippen LogP) is 2.93. The molecule has 0 N–H and O–H groups in total. The van der Waals surface area contributed by atoms with Crippen LogP contribution in [-0.2, 0) is 16.0 Å². The van der Waals surface area contributed by atoms with Crippen LogP contribution in [0.3, 0.4) is 0 Å². The van der Waals surface area contributed by atoms with Crippen LogP contribution in [0.25, 0.3) is 10.8 Å². The molecule has 22 heavy (non-hydrogen) atoms. The Kier molecular flexibility index (Phi) is 4.09. The summed E-state index contributed by atoms with van der Waals surface area (Å²) in [6, 6.07) is 12.1. The molecular formula is C18H19NO3. The lowest BCUT2D eigenvalue weighted by Crippen LogP contribution is -2.41. The molecule has 0 aliphatic carbocycles. The van der Waals surface area contributed by atoms with Crippen LogP contribution in [0.15, 0.2) is 36.4 Å². The van der Waals surface area contributed by atoms with E-state index in [9.17, 15) is 9.59 Å². The van der Waals surface area contributed by atoms with Gasteiger partial charge in [0, 0.05) is 19.4 Å². The van der Waals surface area contributed by atoms with Crippen molar-refractivity contribution >= 4 is 22.6 Å². The monoisotopic (exact) mass is 297 g/mol. The molecule has 2 amide bonds. The lowest BCUT2D eigenvalue weighted by atomic mass is 10.0. The molecule has 0 saturated carbocycles. The first-order chi connectivity index (χ1) is 10.7. The molecule has 0 radical (unpaired) electrons. The van der Waals surface area contributed by atoms with Gasteiger partial charge in [-0.3, -0.25) is 14.5 Å². The molecular weight excluding hydrogens is 278 g/mol. The summed E-state index contributed by atoms with van der Waals surface area (Å²) in [6.45, 7) is 0.452. The quantitative estimate of drug-likeness (QED) is 0.815. The van der Waals surface area contributed by atoms with Gasteiger partial charge in [0.2, 0.25) is 11.8 Å². The Morgan fingerprint density at radius 1 is 1.09 bits per heavy atom. The maximum absolute atomic E-state index is 11.9. The SMILES string of the molecule is COc1ccc2cccc(CCN3C(=O)CCCC3=O)c2c1. The highest BCUT2D eigenvalue weighted by atomic mass is 16.5. The minimum Gasteiger partial charge on any atom is -0.497 e. The number of hydrogen-bond acceptors (Lipinski definition) is 3. The fraction of sp³-hybridized carbons (Fsp3) is 0.333. The number of carbonyl (C=O) groups excluding carboxylic acids is 2. The normalized spacial score (nSPS) is 15.4. The lowest BCUT2D eigenvalue weighted by molar-refractivity contribution is -0.147. The van der Waals surface area contributed by atoms with Gasteiger partial charge in [0.05, 0.1) is 7.11 Å². The zero-order chi connectivity index (χ0) is 15.5. The molecule has 2 aromatic carbocycles. The summed E-state index contributed by atoms with van der Waals surface area (Å²) >= 11 is 0. The highest BCUT2D eigenvalue weighted by Gasteiger charge is 2.25. The highest BCUT2D eigenvalue weighted by molar-refractivity contribution is 5.97. The van der Waals surface area contributed by atoms with E-state index in [0.717, 1.165) is 22.1 Å². The fourth-order valence-electron chi connectivity index (χ4n) is 2.94. The number of likely N-dealkylation sites (tertiary alicyclic amines) is 1. The molecule has 114 valence electrons. The first-order valence-corrected chi connectivity index (χ1v) is 7.58. The van der Waals surface area contributed by atoms with Gasteiger partial charge < -0.3 is 4.74 Å². The third-order valence-electron chi connectivity index (χ3n) is 4.17. The van der Waals surface area contributed by atoms with Crippen LogP contribution in [-0.4, -0.2) is 30.4 Å². The van der Waals surface area contributed by atoms with Gasteiger partial charge in [-0.15, -0.1) is 0 Å². The summed E-state index contributed by atoms with van der Waals surface area (Å²) in [5.41, 5.74) is 1.13. The van der Waals surface area contributed by atoms with E-state index in [2.05, 4.69) is 6.07 Å². The molecule has 4 nitrogen and oxygen atoms in total. The summed E-state index contributed by atoms with van der Waals surface area (Å²) in [7, 11) is 1.65. The summed E-state index contributed by atoms with van der Waals surface area (Å²) < 4.78 is 5.29. The third-order valence-corrected chi connectivity index (χ3v) is 4.17. The fourth-order valence-corrected chi connectivity index (χ4v) is 2.94. The standard InChI is InChI=1S/C18H19NO3/c1-22-15-9-8-13-4-2-5-14(16(13)12-15)10-11-19-17(20)6-3-7-18(19)21/h2,4-5,8-9,12H,3,6-7,10-11H2,1H3. The number of methoxy groups -OCH3 is 1. The lowest BCUT2D eigenvalue weighted by Gasteiger charge is -2.25. The Hall–Kier alpha value is -2.36. The largest absolute Gasteiger partial charge is 0.497 e. The summed E-state index contributed by atoms with van der Waals surface area (Å²) in [5, 5.41) is 2.24. The van der Waals surface area contributed by atoms with E-state index in [0.29, 0.717) is 32.2 Å². The second-order valence-electron chi connectivity index (χ2n) is 5.55.